The Kier molecular flexibility index (Phi) is 1.97. The lowest BCUT2D eigenvalue weighted by Gasteiger charge is -2.33. The molecule has 1 saturated carbocycles. The summed E-state index contributed by atoms with van der Waals surface area (Å²) in [5.74, 6) is 0.865. The molecular weight excluding hydrogens is 120 g/mol. The van der Waals surface area contributed by atoms with Crippen LogP contribution in [0.4, 0.5) is 0 Å². The van der Waals surface area contributed by atoms with E-state index in [0.717, 1.165) is 18.8 Å². The quantitative estimate of drug-likeness (QED) is 0.483. The van der Waals surface area contributed by atoms with Gasteiger partial charge in [0, 0.05) is 1.37 Å². The maximum absolute atomic E-state index is 7.57. The Morgan fingerprint density at radius 2 is 1.70 bits per heavy atom. The maximum Gasteiger partial charge on any atom is 0.0267 e. The summed E-state index contributed by atoms with van der Waals surface area (Å²) in [5.41, 5.74) is 0.472. The molecule has 0 saturated heterocycles. The molecule has 0 amide bonds. The van der Waals surface area contributed by atoms with Gasteiger partial charge in [0.15, 0.2) is 0 Å². The van der Waals surface area contributed by atoms with Crippen LogP contribution in [0.1, 0.15) is 54.2 Å². The zero-order valence-corrected chi connectivity index (χ0v) is 7.48. The largest absolute Gasteiger partial charge is 0.0599 e. The summed E-state index contributed by atoms with van der Waals surface area (Å²) < 4.78 is 7.57. The molecule has 0 N–H and O–H groups in total. The predicted octanol–water partition coefficient (Wildman–Crippen LogP) is 3.61. The molecule has 1 aliphatic rings. The molecule has 1 fully saturated rings. The van der Waals surface area contributed by atoms with Crippen molar-refractivity contribution in [3.63, 3.8) is 0 Å². The third-order valence-electron chi connectivity index (χ3n) is 2.66. The van der Waals surface area contributed by atoms with Gasteiger partial charge in [0.25, 0.3) is 0 Å². The maximum atomic E-state index is 7.57. The Hall–Kier alpha value is 0. The van der Waals surface area contributed by atoms with Crippen molar-refractivity contribution in [1.29, 1.82) is 0 Å². The van der Waals surface area contributed by atoms with Gasteiger partial charge < -0.3 is 0 Å². The smallest absolute Gasteiger partial charge is 0.0267 e. The molecule has 1 aliphatic carbocycles. The first kappa shape index (κ1) is 6.69. The van der Waals surface area contributed by atoms with Crippen LogP contribution in [0.15, 0.2) is 0 Å². The summed E-state index contributed by atoms with van der Waals surface area (Å²) in [4.78, 5) is 0. The van der Waals surface area contributed by atoms with Gasteiger partial charge in [0.2, 0.25) is 0 Å². The second-order valence-corrected chi connectivity index (χ2v) is 4.51. The Morgan fingerprint density at radius 1 is 1.20 bits per heavy atom. The van der Waals surface area contributed by atoms with E-state index >= 15 is 0 Å². The van der Waals surface area contributed by atoms with Gasteiger partial charge in [-0.25, -0.2) is 0 Å². The van der Waals surface area contributed by atoms with Crippen molar-refractivity contribution in [2.24, 2.45) is 11.3 Å². The number of rotatable bonds is 0. The summed E-state index contributed by atoms with van der Waals surface area (Å²) in [7, 11) is 0. The van der Waals surface area contributed by atoms with E-state index in [2.05, 4.69) is 20.8 Å². The third kappa shape index (κ3) is 2.00. The minimum absolute atomic E-state index is 0.244. The molecule has 0 spiro atoms. The van der Waals surface area contributed by atoms with Gasteiger partial charge in [0.1, 0.15) is 0 Å². The zero-order chi connectivity index (χ0) is 8.48. The minimum Gasteiger partial charge on any atom is -0.0599 e. The van der Waals surface area contributed by atoms with Gasteiger partial charge in [-0.2, -0.15) is 0 Å². The molecule has 0 radical (unpaired) electrons. The third-order valence-corrected chi connectivity index (χ3v) is 2.66. The highest BCUT2D eigenvalue weighted by molar-refractivity contribution is 4.76. The lowest BCUT2D eigenvalue weighted by atomic mass is 9.72. The van der Waals surface area contributed by atoms with Gasteiger partial charge in [-0.05, 0) is 24.2 Å². The van der Waals surface area contributed by atoms with Crippen LogP contribution in [-0.4, -0.2) is 0 Å². The molecule has 10 heavy (non-hydrogen) atoms. The molecular formula is C10H20. The molecule has 0 aromatic rings. The van der Waals surface area contributed by atoms with Crippen LogP contribution in [0.5, 0.6) is 0 Å². The van der Waals surface area contributed by atoms with Crippen LogP contribution < -0.4 is 0 Å². The molecule has 0 aliphatic heterocycles. The normalized spacial score (nSPS) is 37.3. The van der Waals surface area contributed by atoms with Gasteiger partial charge in [-0.1, -0.05) is 40.0 Å². The van der Waals surface area contributed by atoms with Crippen molar-refractivity contribution < 1.29 is 1.37 Å². The van der Waals surface area contributed by atoms with E-state index in [-0.39, 0.29) is 6.40 Å². The van der Waals surface area contributed by atoms with Crippen LogP contribution in [0.2, 0.25) is 0 Å². The molecule has 0 nitrogen and oxygen atoms in total. The van der Waals surface area contributed by atoms with Crippen molar-refractivity contribution in [2.75, 3.05) is 0 Å². The van der Waals surface area contributed by atoms with Gasteiger partial charge in [-0.15, -0.1) is 0 Å². The molecule has 0 aromatic carbocycles. The van der Waals surface area contributed by atoms with Crippen LogP contribution in [-0.2, 0) is 0 Å². The Bertz CT molecular complexity index is 115. The summed E-state index contributed by atoms with van der Waals surface area (Å²) >= 11 is 0. The van der Waals surface area contributed by atoms with Crippen molar-refractivity contribution in [1.82, 2.24) is 0 Å². The van der Waals surface area contributed by atoms with E-state index in [9.17, 15) is 0 Å². The van der Waals surface area contributed by atoms with E-state index < -0.39 is 0 Å². The fourth-order valence-corrected chi connectivity index (χ4v) is 1.79. The summed E-state index contributed by atoms with van der Waals surface area (Å²) in [6.45, 7) is 6.96. The zero-order valence-electron chi connectivity index (χ0n) is 8.48. The monoisotopic (exact) mass is 141 g/mol. The lowest BCUT2D eigenvalue weighted by Crippen LogP contribution is -2.22. The van der Waals surface area contributed by atoms with Gasteiger partial charge in [0.05, 0.1) is 0 Å². The molecule has 0 aromatic heterocycles. The van der Waals surface area contributed by atoms with Gasteiger partial charge >= 0.3 is 0 Å². The standard InChI is InChI=1S/C10H20/c1-10(2,3)9-7-5-4-6-8-9/h9H,4-8H2,1-3H3/i4D. The second-order valence-electron chi connectivity index (χ2n) is 4.51. The SMILES string of the molecule is [2H]C1CCC(C(C)(C)C)CC1. The number of hydrogen-bond acceptors (Lipinski definition) is 0. The van der Waals surface area contributed by atoms with Crippen LogP contribution in [0, 0.1) is 11.3 Å². The Labute approximate surface area is 66.4 Å². The van der Waals surface area contributed by atoms with E-state index in [1.54, 1.807) is 0 Å². The lowest BCUT2D eigenvalue weighted by molar-refractivity contribution is 0.180. The average Bonchev–Trinajstić information content (AvgIpc) is 1.86. The van der Waals surface area contributed by atoms with E-state index in [1.807, 2.05) is 0 Å². The molecule has 0 heteroatoms. The summed E-state index contributed by atoms with van der Waals surface area (Å²) in [5, 5.41) is 0. The molecule has 1 rings (SSSR count). The van der Waals surface area contributed by atoms with Crippen LogP contribution >= 0.6 is 0 Å². The highest BCUT2D eigenvalue weighted by Crippen LogP contribution is 2.37. The van der Waals surface area contributed by atoms with Crippen LogP contribution in [0.3, 0.4) is 0 Å². The van der Waals surface area contributed by atoms with Gasteiger partial charge in [-0.3, -0.25) is 0 Å². The molecule has 0 atom stereocenters. The van der Waals surface area contributed by atoms with Crippen molar-refractivity contribution >= 4 is 0 Å². The first-order valence-electron chi connectivity index (χ1n) is 5.00. The molecule has 0 unspecified atom stereocenters. The topological polar surface area (TPSA) is 0 Å². The van der Waals surface area contributed by atoms with E-state index in [0.29, 0.717) is 5.41 Å². The predicted molar refractivity (Wildman–Crippen MR) is 46.0 cm³/mol. The van der Waals surface area contributed by atoms with E-state index in [1.165, 1.54) is 12.8 Å². The fourth-order valence-electron chi connectivity index (χ4n) is 1.79. The van der Waals surface area contributed by atoms with Crippen molar-refractivity contribution in [2.45, 2.75) is 52.9 Å². The van der Waals surface area contributed by atoms with Crippen molar-refractivity contribution in [3.8, 4) is 0 Å². The summed E-state index contributed by atoms with van der Waals surface area (Å²) in [6.07, 6.45) is 5.05. The summed E-state index contributed by atoms with van der Waals surface area (Å²) in [6, 6.07) is 0. The minimum atomic E-state index is 0.244. The Balaban J connectivity index is 2.39. The highest BCUT2D eigenvalue weighted by atomic mass is 14.3. The first-order valence-corrected chi connectivity index (χ1v) is 4.42. The van der Waals surface area contributed by atoms with E-state index in [4.69, 9.17) is 1.37 Å². The van der Waals surface area contributed by atoms with Crippen molar-refractivity contribution in [3.05, 3.63) is 0 Å². The molecule has 60 valence electrons. The number of hydrogen-bond donors (Lipinski definition) is 0. The first-order chi connectivity index (χ1) is 5.00. The molecule has 0 bridgehead atoms. The highest BCUT2D eigenvalue weighted by Gasteiger charge is 2.25. The molecule has 0 heterocycles. The fraction of sp³-hybridized carbons (Fsp3) is 1.00. The average molecular weight is 141 g/mol. The second kappa shape index (κ2) is 2.94. The Morgan fingerprint density at radius 3 is 2.10 bits per heavy atom. The van der Waals surface area contributed by atoms with Crippen LogP contribution in [0.25, 0.3) is 0 Å².